The average molecular weight is 449 g/mol. The molecule has 8 heteroatoms. The third kappa shape index (κ3) is 4.64. The van der Waals surface area contributed by atoms with Crippen LogP contribution in [0.3, 0.4) is 0 Å². The Hall–Kier alpha value is -2.90. The number of hydrogen-bond donors (Lipinski definition) is 0. The van der Waals surface area contributed by atoms with E-state index in [0.717, 1.165) is 18.1 Å². The van der Waals surface area contributed by atoms with E-state index in [1.807, 2.05) is 30.3 Å². The molecule has 0 aliphatic carbocycles. The number of rotatable bonds is 4. The Balaban J connectivity index is 1.46. The molecule has 4 nitrogen and oxygen atoms in total. The highest BCUT2D eigenvalue weighted by atomic mass is 19.4. The Labute approximate surface area is 183 Å². The maximum absolute atomic E-state index is 13.6. The number of halogens is 4. The van der Waals surface area contributed by atoms with Crippen LogP contribution >= 0.6 is 0 Å². The Bertz CT molecular complexity index is 978. The molecule has 1 amide bonds. The van der Waals surface area contributed by atoms with Crippen LogP contribution in [0.5, 0.6) is 0 Å². The van der Waals surface area contributed by atoms with Crippen molar-refractivity contribution in [2.45, 2.75) is 57.0 Å². The van der Waals surface area contributed by atoms with Gasteiger partial charge in [0.15, 0.2) is 5.78 Å². The number of fused-ring (bicyclic) bond motifs is 2. The highest BCUT2D eigenvalue weighted by molar-refractivity contribution is 5.98. The topological polar surface area (TPSA) is 46.6 Å². The summed E-state index contributed by atoms with van der Waals surface area (Å²) in [5.41, 5.74) is -0.722. The summed E-state index contributed by atoms with van der Waals surface area (Å²) in [6.45, 7) is 0.147. The lowest BCUT2D eigenvalue weighted by atomic mass is 9.75. The summed E-state index contributed by atoms with van der Waals surface area (Å²) in [6, 6.07) is 11.3. The molecule has 0 N–H and O–H groups in total. The SMILES string of the molecule is O=C(c1ccc(F)c(C(F)(F)F)c1)C1CC2CCCC(C1)N2C(=O)OCc1ccccc1. The van der Waals surface area contributed by atoms with Crippen molar-refractivity contribution in [2.24, 2.45) is 5.92 Å². The second-order valence-corrected chi connectivity index (χ2v) is 8.41. The molecule has 0 aromatic heterocycles. The fraction of sp³-hybridized carbons (Fsp3) is 0.417. The molecule has 2 aliphatic rings. The number of carbonyl (C=O) groups excluding carboxylic acids is 2. The van der Waals surface area contributed by atoms with Gasteiger partial charge in [-0.05, 0) is 55.9 Å². The van der Waals surface area contributed by atoms with Crippen LogP contribution in [0.4, 0.5) is 22.4 Å². The van der Waals surface area contributed by atoms with E-state index in [-0.39, 0.29) is 24.3 Å². The van der Waals surface area contributed by atoms with Gasteiger partial charge in [-0.2, -0.15) is 13.2 Å². The van der Waals surface area contributed by atoms with Crippen LogP contribution in [-0.2, 0) is 17.5 Å². The summed E-state index contributed by atoms with van der Waals surface area (Å²) < 4.78 is 58.2. The normalized spacial score (nSPS) is 23.0. The molecule has 0 spiro atoms. The summed E-state index contributed by atoms with van der Waals surface area (Å²) >= 11 is 0. The molecule has 2 aliphatic heterocycles. The fourth-order valence-corrected chi connectivity index (χ4v) is 4.82. The molecule has 2 heterocycles. The average Bonchev–Trinajstić information content (AvgIpc) is 2.76. The maximum Gasteiger partial charge on any atom is 0.419 e. The van der Waals surface area contributed by atoms with Gasteiger partial charge in [0.2, 0.25) is 0 Å². The van der Waals surface area contributed by atoms with Crippen LogP contribution in [0.25, 0.3) is 0 Å². The number of carbonyl (C=O) groups is 2. The Morgan fingerprint density at radius 1 is 1.00 bits per heavy atom. The highest BCUT2D eigenvalue weighted by Crippen LogP contribution is 2.39. The van der Waals surface area contributed by atoms with Crippen molar-refractivity contribution in [3.8, 4) is 0 Å². The van der Waals surface area contributed by atoms with E-state index in [2.05, 4.69) is 0 Å². The molecule has 2 aromatic rings. The molecular formula is C24H23F4NO3. The lowest BCUT2D eigenvalue weighted by Crippen LogP contribution is -2.55. The van der Waals surface area contributed by atoms with Crippen molar-refractivity contribution in [1.82, 2.24) is 4.90 Å². The second kappa shape index (κ2) is 8.92. The molecule has 2 aromatic carbocycles. The van der Waals surface area contributed by atoms with E-state index in [1.165, 1.54) is 0 Å². The maximum atomic E-state index is 13.6. The van der Waals surface area contributed by atoms with E-state index in [1.54, 1.807) is 4.90 Å². The molecule has 2 unspecified atom stereocenters. The zero-order valence-electron chi connectivity index (χ0n) is 17.3. The molecule has 32 heavy (non-hydrogen) atoms. The van der Waals surface area contributed by atoms with Crippen LogP contribution in [-0.4, -0.2) is 28.9 Å². The third-order valence-corrected chi connectivity index (χ3v) is 6.32. The smallest absolute Gasteiger partial charge is 0.419 e. The quantitative estimate of drug-likeness (QED) is 0.425. The first-order valence-corrected chi connectivity index (χ1v) is 10.6. The van der Waals surface area contributed by atoms with E-state index in [9.17, 15) is 27.2 Å². The van der Waals surface area contributed by atoms with Crippen molar-refractivity contribution >= 4 is 11.9 Å². The number of ether oxygens (including phenoxy) is 1. The third-order valence-electron chi connectivity index (χ3n) is 6.32. The van der Waals surface area contributed by atoms with E-state index < -0.39 is 35.4 Å². The summed E-state index contributed by atoms with van der Waals surface area (Å²) in [6.07, 6.45) is -2.27. The Kier molecular flexibility index (Phi) is 6.22. The van der Waals surface area contributed by atoms with Gasteiger partial charge >= 0.3 is 12.3 Å². The molecule has 2 saturated heterocycles. The van der Waals surface area contributed by atoms with Crippen LogP contribution in [0.15, 0.2) is 48.5 Å². The first-order chi connectivity index (χ1) is 15.2. The van der Waals surface area contributed by atoms with Gasteiger partial charge < -0.3 is 9.64 Å². The largest absolute Gasteiger partial charge is 0.445 e. The zero-order chi connectivity index (χ0) is 22.9. The minimum absolute atomic E-state index is 0.147. The number of alkyl halides is 3. The number of piperidine rings is 2. The van der Waals surface area contributed by atoms with Gasteiger partial charge in [-0.1, -0.05) is 30.3 Å². The first-order valence-electron chi connectivity index (χ1n) is 10.6. The highest BCUT2D eigenvalue weighted by Gasteiger charge is 2.44. The number of Topliss-reactive ketones (excluding diaryl/α,β-unsaturated/α-hetero) is 1. The number of nitrogens with zero attached hydrogens (tertiary/aromatic N) is 1. The van der Waals surface area contributed by atoms with Crippen molar-refractivity contribution in [1.29, 1.82) is 0 Å². The minimum Gasteiger partial charge on any atom is -0.445 e. The van der Waals surface area contributed by atoms with E-state index in [4.69, 9.17) is 4.74 Å². The lowest BCUT2D eigenvalue weighted by molar-refractivity contribution is -0.140. The predicted octanol–water partition coefficient (Wildman–Crippen LogP) is 6.00. The Morgan fingerprint density at radius 2 is 1.66 bits per heavy atom. The second-order valence-electron chi connectivity index (χ2n) is 8.41. The van der Waals surface area contributed by atoms with Crippen molar-refractivity contribution in [3.63, 3.8) is 0 Å². The summed E-state index contributed by atoms with van der Waals surface area (Å²) in [4.78, 5) is 27.5. The van der Waals surface area contributed by atoms with Crippen molar-refractivity contribution < 1.29 is 31.9 Å². The van der Waals surface area contributed by atoms with Crippen LogP contribution < -0.4 is 0 Å². The van der Waals surface area contributed by atoms with Gasteiger partial charge in [-0.25, -0.2) is 9.18 Å². The number of amides is 1. The van der Waals surface area contributed by atoms with Crippen molar-refractivity contribution in [3.05, 3.63) is 71.0 Å². The molecule has 170 valence electrons. The number of hydrogen-bond acceptors (Lipinski definition) is 3. The van der Waals surface area contributed by atoms with Crippen LogP contribution in [0.1, 0.15) is 53.6 Å². The minimum atomic E-state index is -4.87. The molecular weight excluding hydrogens is 426 g/mol. The number of ketones is 1. The molecule has 2 bridgehead atoms. The van der Waals surface area contributed by atoms with E-state index >= 15 is 0 Å². The lowest BCUT2D eigenvalue weighted by Gasteiger charge is -2.47. The van der Waals surface area contributed by atoms with Gasteiger partial charge in [-0.15, -0.1) is 0 Å². The van der Waals surface area contributed by atoms with Crippen molar-refractivity contribution in [2.75, 3.05) is 0 Å². The van der Waals surface area contributed by atoms with Gasteiger partial charge in [0, 0.05) is 23.6 Å². The monoisotopic (exact) mass is 449 g/mol. The van der Waals surface area contributed by atoms with Gasteiger partial charge in [0.1, 0.15) is 12.4 Å². The van der Waals surface area contributed by atoms with Gasteiger partial charge in [0.25, 0.3) is 0 Å². The molecule has 2 atom stereocenters. The molecule has 2 fully saturated rings. The van der Waals surface area contributed by atoms with Gasteiger partial charge in [0.05, 0.1) is 5.56 Å². The molecule has 0 radical (unpaired) electrons. The van der Waals surface area contributed by atoms with E-state index in [0.29, 0.717) is 37.8 Å². The first kappa shape index (κ1) is 22.3. The summed E-state index contributed by atoms with van der Waals surface area (Å²) in [5.74, 6) is -2.36. The summed E-state index contributed by atoms with van der Waals surface area (Å²) in [7, 11) is 0. The standard InChI is InChI=1S/C24H23F4NO3/c25-21-10-9-16(13-20(21)24(26,27)28)22(30)17-11-18-7-4-8-19(12-17)29(18)23(31)32-14-15-5-2-1-3-6-15/h1-3,5-6,9-10,13,17-19H,4,7-8,11-12,14H2. The number of benzene rings is 2. The fourth-order valence-electron chi connectivity index (χ4n) is 4.82. The zero-order valence-corrected chi connectivity index (χ0v) is 17.3. The van der Waals surface area contributed by atoms with Crippen LogP contribution in [0.2, 0.25) is 0 Å². The van der Waals surface area contributed by atoms with Gasteiger partial charge in [-0.3, -0.25) is 4.79 Å². The predicted molar refractivity (Wildman–Crippen MR) is 108 cm³/mol. The summed E-state index contributed by atoms with van der Waals surface area (Å²) in [5, 5.41) is 0. The molecule has 4 rings (SSSR count). The van der Waals surface area contributed by atoms with Crippen LogP contribution in [0, 0.1) is 11.7 Å². The Morgan fingerprint density at radius 3 is 2.28 bits per heavy atom. The molecule has 0 saturated carbocycles.